The van der Waals surface area contributed by atoms with E-state index in [1.54, 1.807) is 0 Å². The van der Waals surface area contributed by atoms with Crippen molar-refractivity contribution in [1.29, 1.82) is 5.26 Å². The standard InChI is InChI=1S/C9H16N2O/c1-3-11(4-2)6-9(5-10)7-12-8-9/h3-4,6-8H2,1-2H3. The lowest BCUT2D eigenvalue weighted by atomic mass is 9.87. The van der Waals surface area contributed by atoms with Crippen LogP contribution in [0.5, 0.6) is 0 Å². The normalized spacial score (nSPS) is 20.2. The van der Waals surface area contributed by atoms with E-state index < -0.39 is 0 Å². The highest BCUT2D eigenvalue weighted by molar-refractivity contribution is 5.05. The first-order valence-corrected chi connectivity index (χ1v) is 4.47. The summed E-state index contributed by atoms with van der Waals surface area (Å²) >= 11 is 0. The van der Waals surface area contributed by atoms with Gasteiger partial charge in [0.05, 0.1) is 19.3 Å². The smallest absolute Gasteiger partial charge is 0.116 e. The van der Waals surface area contributed by atoms with Crippen LogP contribution in [0.4, 0.5) is 0 Å². The molecule has 0 aromatic rings. The average Bonchev–Trinajstić information content (AvgIpc) is 2.05. The number of hydrogen-bond donors (Lipinski definition) is 0. The number of hydrogen-bond acceptors (Lipinski definition) is 3. The Bertz CT molecular complexity index is 177. The Morgan fingerprint density at radius 3 is 2.25 bits per heavy atom. The molecular weight excluding hydrogens is 152 g/mol. The Morgan fingerprint density at radius 2 is 2.00 bits per heavy atom. The molecule has 1 aliphatic rings. The van der Waals surface area contributed by atoms with E-state index in [1.807, 2.05) is 0 Å². The molecule has 1 fully saturated rings. The average molecular weight is 168 g/mol. The fourth-order valence-corrected chi connectivity index (χ4v) is 1.41. The molecule has 1 heterocycles. The lowest BCUT2D eigenvalue weighted by molar-refractivity contribution is -0.0903. The van der Waals surface area contributed by atoms with Crippen molar-refractivity contribution in [3.05, 3.63) is 0 Å². The molecule has 1 saturated heterocycles. The third-order valence-electron chi connectivity index (χ3n) is 2.41. The van der Waals surface area contributed by atoms with Gasteiger partial charge in [-0.15, -0.1) is 0 Å². The highest BCUT2D eigenvalue weighted by Gasteiger charge is 2.39. The molecule has 3 nitrogen and oxygen atoms in total. The molecule has 0 bridgehead atoms. The van der Waals surface area contributed by atoms with Gasteiger partial charge in [-0.25, -0.2) is 0 Å². The monoisotopic (exact) mass is 168 g/mol. The van der Waals surface area contributed by atoms with Gasteiger partial charge in [-0.2, -0.15) is 5.26 Å². The van der Waals surface area contributed by atoms with Crippen molar-refractivity contribution >= 4 is 0 Å². The lowest BCUT2D eigenvalue weighted by Crippen LogP contribution is -2.49. The maximum atomic E-state index is 8.92. The van der Waals surface area contributed by atoms with Crippen LogP contribution in [0.2, 0.25) is 0 Å². The van der Waals surface area contributed by atoms with Gasteiger partial charge in [0.1, 0.15) is 5.41 Å². The maximum absolute atomic E-state index is 8.92. The van der Waals surface area contributed by atoms with E-state index in [0.717, 1.165) is 19.6 Å². The molecule has 0 aliphatic carbocycles. The van der Waals surface area contributed by atoms with Gasteiger partial charge < -0.3 is 9.64 Å². The van der Waals surface area contributed by atoms with Crippen LogP contribution in [0.15, 0.2) is 0 Å². The van der Waals surface area contributed by atoms with Crippen LogP contribution in [-0.4, -0.2) is 37.7 Å². The molecule has 0 atom stereocenters. The number of ether oxygens (including phenoxy) is 1. The summed E-state index contributed by atoms with van der Waals surface area (Å²) in [4.78, 5) is 2.27. The maximum Gasteiger partial charge on any atom is 0.116 e. The summed E-state index contributed by atoms with van der Waals surface area (Å²) in [5.41, 5.74) is -0.202. The summed E-state index contributed by atoms with van der Waals surface area (Å²) < 4.78 is 5.07. The van der Waals surface area contributed by atoms with E-state index in [0.29, 0.717) is 13.2 Å². The van der Waals surface area contributed by atoms with Gasteiger partial charge in [0, 0.05) is 6.54 Å². The minimum atomic E-state index is -0.202. The van der Waals surface area contributed by atoms with Gasteiger partial charge in [0.15, 0.2) is 0 Å². The zero-order chi connectivity index (χ0) is 9.03. The summed E-state index contributed by atoms with van der Waals surface area (Å²) in [5.74, 6) is 0. The van der Waals surface area contributed by atoms with Crippen molar-refractivity contribution in [2.75, 3.05) is 32.8 Å². The Kier molecular flexibility index (Phi) is 3.07. The highest BCUT2D eigenvalue weighted by atomic mass is 16.5. The van der Waals surface area contributed by atoms with Crippen LogP contribution in [-0.2, 0) is 4.74 Å². The molecule has 0 unspecified atom stereocenters. The first-order valence-electron chi connectivity index (χ1n) is 4.47. The van der Waals surface area contributed by atoms with Gasteiger partial charge in [0.25, 0.3) is 0 Å². The van der Waals surface area contributed by atoms with Crippen molar-refractivity contribution in [3.8, 4) is 6.07 Å². The second-order valence-corrected chi connectivity index (χ2v) is 3.35. The van der Waals surface area contributed by atoms with Crippen LogP contribution in [0, 0.1) is 16.7 Å². The van der Waals surface area contributed by atoms with E-state index in [1.165, 1.54) is 0 Å². The van der Waals surface area contributed by atoms with Gasteiger partial charge >= 0.3 is 0 Å². The van der Waals surface area contributed by atoms with E-state index in [2.05, 4.69) is 24.8 Å². The third kappa shape index (κ3) is 1.77. The van der Waals surface area contributed by atoms with Crippen LogP contribution >= 0.6 is 0 Å². The van der Waals surface area contributed by atoms with E-state index in [4.69, 9.17) is 10.00 Å². The molecule has 3 heteroatoms. The minimum absolute atomic E-state index is 0.202. The van der Waals surface area contributed by atoms with Gasteiger partial charge in [0.2, 0.25) is 0 Å². The molecule has 0 radical (unpaired) electrons. The molecule has 0 spiro atoms. The second kappa shape index (κ2) is 3.88. The predicted octanol–water partition coefficient (Wildman–Crippen LogP) is 0.868. The quantitative estimate of drug-likeness (QED) is 0.625. The molecule has 68 valence electrons. The van der Waals surface area contributed by atoms with E-state index in [-0.39, 0.29) is 5.41 Å². The van der Waals surface area contributed by atoms with E-state index in [9.17, 15) is 0 Å². The fourth-order valence-electron chi connectivity index (χ4n) is 1.41. The Labute approximate surface area is 73.9 Å². The molecule has 1 aliphatic heterocycles. The van der Waals surface area contributed by atoms with Crippen molar-refractivity contribution < 1.29 is 4.74 Å². The third-order valence-corrected chi connectivity index (χ3v) is 2.41. The van der Waals surface area contributed by atoms with Crippen LogP contribution in [0.1, 0.15) is 13.8 Å². The highest BCUT2D eigenvalue weighted by Crippen LogP contribution is 2.27. The Balaban J connectivity index is 2.42. The molecule has 0 aromatic carbocycles. The summed E-state index contributed by atoms with van der Waals surface area (Å²) in [6.07, 6.45) is 0. The zero-order valence-electron chi connectivity index (χ0n) is 7.84. The van der Waals surface area contributed by atoms with Crippen molar-refractivity contribution in [2.45, 2.75) is 13.8 Å². The van der Waals surface area contributed by atoms with Gasteiger partial charge in [-0.1, -0.05) is 13.8 Å². The van der Waals surface area contributed by atoms with Gasteiger partial charge in [-0.3, -0.25) is 0 Å². The summed E-state index contributed by atoms with van der Waals surface area (Å²) in [6, 6.07) is 2.35. The van der Waals surface area contributed by atoms with Gasteiger partial charge in [-0.05, 0) is 13.1 Å². The molecule has 0 saturated carbocycles. The summed E-state index contributed by atoms with van der Waals surface area (Å²) in [6.45, 7) is 8.35. The minimum Gasteiger partial charge on any atom is -0.378 e. The Hall–Kier alpha value is -0.590. The topological polar surface area (TPSA) is 36.3 Å². The van der Waals surface area contributed by atoms with E-state index >= 15 is 0 Å². The largest absolute Gasteiger partial charge is 0.378 e. The molecule has 0 aromatic heterocycles. The number of nitrogens with zero attached hydrogens (tertiary/aromatic N) is 2. The molecular formula is C9H16N2O. The molecule has 0 amide bonds. The number of rotatable bonds is 4. The van der Waals surface area contributed by atoms with Crippen molar-refractivity contribution in [3.63, 3.8) is 0 Å². The fraction of sp³-hybridized carbons (Fsp3) is 0.889. The summed E-state index contributed by atoms with van der Waals surface area (Å²) in [7, 11) is 0. The summed E-state index contributed by atoms with van der Waals surface area (Å²) in [5, 5.41) is 8.92. The predicted molar refractivity (Wildman–Crippen MR) is 46.7 cm³/mol. The first-order chi connectivity index (χ1) is 5.76. The zero-order valence-corrected chi connectivity index (χ0v) is 7.84. The molecule has 12 heavy (non-hydrogen) atoms. The number of nitriles is 1. The van der Waals surface area contributed by atoms with Crippen LogP contribution < -0.4 is 0 Å². The van der Waals surface area contributed by atoms with Crippen LogP contribution in [0.3, 0.4) is 0 Å². The van der Waals surface area contributed by atoms with Crippen LogP contribution in [0.25, 0.3) is 0 Å². The van der Waals surface area contributed by atoms with Crippen molar-refractivity contribution in [2.24, 2.45) is 5.41 Å². The molecule has 1 rings (SSSR count). The lowest BCUT2D eigenvalue weighted by Gasteiger charge is -2.38. The Morgan fingerprint density at radius 1 is 1.42 bits per heavy atom. The van der Waals surface area contributed by atoms with Crippen molar-refractivity contribution in [1.82, 2.24) is 4.90 Å². The second-order valence-electron chi connectivity index (χ2n) is 3.35. The molecule has 0 N–H and O–H groups in total. The first kappa shape index (κ1) is 9.50. The SMILES string of the molecule is CCN(CC)CC1(C#N)COC1.